The summed E-state index contributed by atoms with van der Waals surface area (Å²) < 4.78 is 7.42. The third-order valence-corrected chi connectivity index (χ3v) is 4.47. The maximum Gasteiger partial charge on any atom is 0.257 e. The molecule has 6 nitrogen and oxygen atoms in total. The monoisotopic (exact) mass is 316 g/mol. The van der Waals surface area contributed by atoms with Crippen molar-refractivity contribution in [3.63, 3.8) is 0 Å². The summed E-state index contributed by atoms with van der Waals surface area (Å²) in [5.74, 6) is 1.87. The van der Waals surface area contributed by atoms with Crippen LogP contribution in [0.1, 0.15) is 35.3 Å². The molecule has 0 unspecified atom stereocenters. The number of carbonyl (C=O) groups excluding carboxylic acids is 1. The van der Waals surface area contributed by atoms with Gasteiger partial charge in [-0.2, -0.15) is 0 Å². The topological polar surface area (TPSA) is 54.5 Å². The van der Waals surface area contributed by atoms with Gasteiger partial charge in [0.15, 0.2) is 0 Å². The van der Waals surface area contributed by atoms with E-state index in [9.17, 15) is 4.79 Å². The Hall–Kier alpha value is -2.08. The number of aryl methyl sites for hydroxylation is 2. The Balaban J connectivity index is 1.61. The zero-order valence-electron chi connectivity index (χ0n) is 13.9. The van der Waals surface area contributed by atoms with Gasteiger partial charge in [0, 0.05) is 45.1 Å². The molecule has 23 heavy (non-hydrogen) atoms. The average molecular weight is 316 g/mol. The molecule has 1 saturated heterocycles. The summed E-state index contributed by atoms with van der Waals surface area (Å²) in [6.07, 6.45) is 6.44. The van der Waals surface area contributed by atoms with Crippen molar-refractivity contribution >= 4 is 5.91 Å². The molecule has 0 saturated carbocycles. The highest BCUT2D eigenvalue weighted by Gasteiger charge is 2.23. The third kappa shape index (κ3) is 3.47. The predicted octanol–water partition coefficient (Wildman–Crippen LogP) is 2.15. The number of nitrogens with zero attached hydrogens (tertiary/aromatic N) is 4. The Kier molecular flexibility index (Phi) is 4.81. The minimum absolute atomic E-state index is 0.0770. The summed E-state index contributed by atoms with van der Waals surface area (Å²) in [5.41, 5.74) is 0.681. The summed E-state index contributed by atoms with van der Waals surface area (Å²) in [4.78, 5) is 21.3. The molecule has 0 aliphatic carbocycles. The van der Waals surface area contributed by atoms with Crippen molar-refractivity contribution in [2.75, 3.05) is 26.2 Å². The quantitative estimate of drug-likeness (QED) is 0.867. The highest BCUT2D eigenvalue weighted by atomic mass is 16.3. The van der Waals surface area contributed by atoms with E-state index in [1.165, 1.54) is 0 Å². The van der Waals surface area contributed by atoms with Crippen LogP contribution in [0.15, 0.2) is 29.1 Å². The fourth-order valence-electron chi connectivity index (χ4n) is 3.09. The van der Waals surface area contributed by atoms with Gasteiger partial charge in [-0.3, -0.25) is 9.69 Å². The number of aromatic nitrogens is 2. The minimum atomic E-state index is 0.0770. The van der Waals surface area contributed by atoms with Crippen molar-refractivity contribution in [3.05, 3.63) is 41.9 Å². The van der Waals surface area contributed by atoms with E-state index >= 15 is 0 Å². The van der Waals surface area contributed by atoms with Gasteiger partial charge in [0.1, 0.15) is 11.6 Å². The number of imidazole rings is 1. The number of carbonyl (C=O) groups is 1. The van der Waals surface area contributed by atoms with Crippen LogP contribution in [0.25, 0.3) is 0 Å². The van der Waals surface area contributed by atoms with E-state index in [1.807, 2.05) is 24.2 Å². The number of rotatable bonds is 4. The first-order valence-electron chi connectivity index (χ1n) is 8.24. The summed E-state index contributed by atoms with van der Waals surface area (Å²) in [6.45, 7) is 9.15. The fourth-order valence-corrected chi connectivity index (χ4v) is 3.09. The van der Waals surface area contributed by atoms with Crippen LogP contribution in [0.4, 0.5) is 0 Å². The first-order chi connectivity index (χ1) is 11.2. The summed E-state index contributed by atoms with van der Waals surface area (Å²) >= 11 is 0. The van der Waals surface area contributed by atoms with Gasteiger partial charge in [-0.1, -0.05) is 0 Å². The normalized spacial score (nSPS) is 16.5. The van der Waals surface area contributed by atoms with Gasteiger partial charge in [-0.15, -0.1) is 0 Å². The van der Waals surface area contributed by atoms with Crippen LogP contribution >= 0.6 is 0 Å². The second-order valence-corrected chi connectivity index (χ2v) is 5.94. The van der Waals surface area contributed by atoms with Crippen molar-refractivity contribution in [1.82, 2.24) is 19.4 Å². The number of hydrogen-bond acceptors (Lipinski definition) is 4. The highest BCUT2D eigenvalue weighted by molar-refractivity contribution is 5.95. The van der Waals surface area contributed by atoms with Crippen LogP contribution in [-0.2, 0) is 13.1 Å². The molecule has 2 aromatic rings. The van der Waals surface area contributed by atoms with E-state index in [2.05, 4.69) is 21.4 Å². The molecule has 1 amide bonds. The van der Waals surface area contributed by atoms with Gasteiger partial charge in [-0.25, -0.2) is 4.98 Å². The molecule has 0 aromatic carbocycles. The van der Waals surface area contributed by atoms with Gasteiger partial charge < -0.3 is 13.9 Å². The van der Waals surface area contributed by atoms with Crippen molar-refractivity contribution in [2.45, 2.75) is 33.4 Å². The zero-order valence-corrected chi connectivity index (χ0v) is 13.9. The van der Waals surface area contributed by atoms with E-state index < -0.39 is 0 Å². The molecule has 1 fully saturated rings. The van der Waals surface area contributed by atoms with Gasteiger partial charge in [0.05, 0.1) is 18.4 Å². The van der Waals surface area contributed by atoms with Crippen molar-refractivity contribution in [1.29, 1.82) is 0 Å². The first-order valence-corrected chi connectivity index (χ1v) is 8.24. The highest BCUT2D eigenvalue weighted by Crippen LogP contribution is 2.15. The Labute approximate surface area is 136 Å². The summed E-state index contributed by atoms with van der Waals surface area (Å²) in [5, 5.41) is 0. The molecule has 0 N–H and O–H groups in total. The van der Waals surface area contributed by atoms with E-state index in [1.54, 1.807) is 12.3 Å². The fraction of sp³-hybridized carbons (Fsp3) is 0.529. The zero-order chi connectivity index (χ0) is 16.2. The SMILES string of the molecule is CCn1ccnc1CN1CCCN(C(=O)c2ccoc2C)CC1. The lowest BCUT2D eigenvalue weighted by Gasteiger charge is -2.22. The molecule has 0 spiro atoms. The lowest BCUT2D eigenvalue weighted by molar-refractivity contribution is 0.0759. The molecule has 3 heterocycles. The number of amides is 1. The van der Waals surface area contributed by atoms with E-state index in [4.69, 9.17) is 4.42 Å². The summed E-state index contributed by atoms with van der Waals surface area (Å²) in [7, 11) is 0. The van der Waals surface area contributed by atoms with Crippen molar-refractivity contribution in [2.24, 2.45) is 0 Å². The van der Waals surface area contributed by atoms with Crippen LogP contribution in [0.5, 0.6) is 0 Å². The Morgan fingerprint density at radius 1 is 1.30 bits per heavy atom. The Bertz CT molecular complexity index is 661. The van der Waals surface area contributed by atoms with Crippen LogP contribution in [-0.4, -0.2) is 51.4 Å². The number of furan rings is 1. The molecule has 0 radical (unpaired) electrons. The largest absolute Gasteiger partial charge is 0.469 e. The summed E-state index contributed by atoms with van der Waals surface area (Å²) in [6, 6.07) is 1.76. The maximum absolute atomic E-state index is 12.6. The van der Waals surface area contributed by atoms with E-state index in [-0.39, 0.29) is 5.91 Å². The van der Waals surface area contributed by atoms with Gasteiger partial charge in [0.2, 0.25) is 0 Å². The van der Waals surface area contributed by atoms with Gasteiger partial charge >= 0.3 is 0 Å². The van der Waals surface area contributed by atoms with Gasteiger partial charge in [0.25, 0.3) is 5.91 Å². The molecule has 0 bridgehead atoms. The Morgan fingerprint density at radius 3 is 2.91 bits per heavy atom. The smallest absolute Gasteiger partial charge is 0.257 e. The van der Waals surface area contributed by atoms with E-state index in [0.717, 1.165) is 51.5 Å². The molecular weight excluding hydrogens is 292 g/mol. The molecule has 0 atom stereocenters. The minimum Gasteiger partial charge on any atom is -0.469 e. The van der Waals surface area contributed by atoms with Crippen LogP contribution < -0.4 is 0 Å². The molecule has 2 aromatic heterocycles. The maximum atomic E-state index is 12.6. The standard InChI is InChI=1S/C17H24N4O2/c1-3-20-9-6-18-16(20)13-19-7-4-8-21(11-10-19)17(22)15-5-12-23-14(15)2/h5-6,9,12H,3-4,7-8,10-11,13H2,1-2H3. The first kappa shape index (κ1) is 15.8. The average Bonchev–Trinajstić information content (AvgIpc) is 3.10. The van der Waals surface area contributed by atoms with Gasteiger partial charge in [-0.05, 0) is 26.3 Å². The lowest BCUT2D eigenvalue weighted by atomic mass is 10.2. The molecule has 6 heteroatoms. The third-order valence-electron chi connectivity index (χ3n) is 4.47. The van der Waals surface area contributed by atoms with Crippen molar-refractivity contribution in [3.8, 4) is 0 Å². The second-order valence-electron chi connectivity index (χ2n) is 5.94. The molecule has 3 rings (SSSR count). The predicted molar refractivity (Wildman–Crippen MR) is 87.1 cm³/mol. The van der Waals surface area contributed by atoms with Crippen molar-refractivity contribution < 1.29 is 9.21 Å². The number of hydrogen-bond donors (Lipinski definition) is 0. The van der Waals surface area contributed by atoms with Crippen LogP contribution in [0.2, 0.25) is 0 Å². The molecule has 1 aliphatic heterocycles. The molecule has 1 aliphatic rings. The van der Waals surface area contributed by atoms with Crippen LogP contribution in [0.3, 0.4) is 0 Å². The van der Waals surface area contributed by atoms with Crippen LogP contribution in [0, 0.1) is 6.92 Å². The lowest BCUT2D eigenvalue weighted by Crippen LogP contribution is -2.35. The second kappa shape index (κ2) is 7.00. The van der Waals surface area contributed by atoms with E-state index in [0.29, 0.717) is 11.3 Å². The molecular formula is C17H24N4O2. The Morgan fingerprint density at radius 2 is 2.17 bits per heavy atom. The molecule has 124 valence electrons.